The highest BCUT2D eigenvalue weighted by Crippen LogP contribution is 2.25. The van der Waals surface area contributed by atoms with Gasteiger partial charge in [-0.3, -0.25) is 0 Å². The summed E-state index contributed by atoms with van der Waals surface area (Å²) in [5, 5.41) is 9.47. The van der Waals surface area contributed by atoms with Gasteiger partial charge < -0.3 is 9.84 Å². The predicted molar refractivity (Wildman–Crippen MR) is 66.1 cm³/mol. The van der Waals surface area contributed by atoms with Crippen molar-refractivity contribution >= 4 is 0 Å². The minimum absolute atomic E-state index is 0.300. The maximum absolute atomic E-state index is 13.0. The van der Waals surface area contributed by atoms with Crippen LogP contribution in [0.5, 0.6) is 11.6 Å². The maximum Gasteiger partial charge on any atom is 0.219 e. The van der Waals surface area contributed by atoms with Gasteiger partial charge in [0.05, 0.1) is 6.10 Å². The van der Waals surface area contributed by atoms with Crippen LogP contribution in [-0.2, 0) is 0 Å². The van der Waals surface area contributed by atoms with Gasteiger partial charge in [0.25, 0.3) is 0 Å². The number of ether oxygens (including phenoxy) is 1. The van der Waals surface area contributed by atoms with Gasteiger partial charge in [0, 0.05) is 12.3 Å². The summed E-state index contributed by atoms with van der Waals surface area (Å²) in [5.74, 6) is 0.625. The van der Waals surface area contributed by atoms with Crippen molar-refractivity contribution < 1.29 is 14.2 Å². The lowest BCUT2D eigenvalue weighted by atomic mass is 10.2. The molecule has 0 spiro atoms. The first-order valence-corrected chi connectivity index (χ1v) is 5.64. The van der Waals surface area contributed by atoms with E-state index >= 15 is 0 Å². The van der Waals surface area contributed by atoms with Gasteiger partial charge in [0.1, 0.15) is 11.6 Å². The number of rotatable bonds is 3. The molecular formula is C14H14FNO2. The third-order valence-corrected chi connectivity index (χ3v) is 2.59. The van der Waals surface area contributed by atoms with Gasteiger partial charge in [-0.05, 0) is 49.2 Å². The Morgan fingerprint density at radius 3 is 2.72 bits per heavy atom. The number of hydrogen-bond donors (Lipinski definition) is 1. The average Bonchev–Trinajstić information content (AvgIpc) is 2.33. The van der Waals surface area contributed by atoms with E-state index in [0.29, 0.717) is 17.2 Å². The van der Waals surface area contributed by atoms with Gasteiger partial charge in [0.2, 0.25) is 5.88 Å². The van der Waals surface area contributed by atoms with Crippen LogP contribution < -0.4 is 4.74 Å². The highest BCUT2D eigenvalue weighted by molar-refractivity contribution is 5.36. The molecule has 0 saturated heterocycles. The maximum atomic E-state index is 13.0. The normalized spacial score (nSPS) is 12.2. The van der Waals surface area contributed by atoms with Gasteiger partial charge >= 0.3 is 0 Å². The smallest absolute Gasteiger partial charge is 0.219 e. The summed E-state index contributed by atoms with van der Waals surface area (Å²) in [6, 6.07) is 7.67. The molecule has 18 heavy (non-hydrogen) atoms. The molecular weight excluding hydrogens is 233 g/mol. The zero-order valence-corrected chi connectivity index (χ0v) is 10.2. The minimum Gasteiger partial charge on any atom is -0.439 e. The molecule has 0 aliphatic heterocycles. The second-order valence-corrected chi connectivity index (χ2v) is 4.12. The summed E-state index contributed by atoms with van der Waals surface area (Å²) >= 11 is 0. The lowest BCUT2D eigenvalue weighted by Gasteiger charge is -2.10. The molecule has 94 valence electrons. The Kier molecular flexibility index (Phi) is 3.58. The Labute approximate surface area is 105 Å². The molecule has 1 aromatic heterocycles. The molecule has 0 saturated carbocycles. The van der Waals surface area contributed by atoms with E-state index in [4.69, 9.17) is 4.74 Å². The fourth-order valence-electron chi connectivity index (χ4n) is 1.58. The molecule has 4 heteroatoms. The Balaban J connectivity index is 2.25. The summed E-state index contributed by atoms with van der Waals surface area (Å²) in [5.41, 5.74) is 1.42. The third kappa shape index (κ3) is 2.84. The molecule has 1 atom stereocenters. The summed E-state index contributed by atoms with van der Waals surface area (Å²) in [6.45, 7) is 3.43. The van der Waals surface area contributed by atoms with Crippen molar-refractivity contribution in [1.82, 2.24) is 4.98 Å². The van der Waals surface area contributed by atoms with Crippen molar-refractivity contribution in [2.45, 2.75) is 20.0 Å². The number of aryl methyl sites for hydroxylation is 1. The number of aliphatic hydroxyl groups is 1. The molecule has 3 nitrogen and oxygen atoms in total. The van der Waals surface area contributed by atoms with Crippen LogP contribution in [0.4, 0.5) is 4.39 Å². The first-order chi connectivity index (χ1) is 8.56. The van der Waals surface area contributed by atoms with Crippen LogP contribution in [0.3, 0.4) is 0 Å². The number of nitrogens with zero attached hydrogens (tertiary/aromatic N) is 1. The van der Waals surface area contributed by atoms with Crippen LogP contribution in [0.25, 0.3) is 0 Å². The molecule has 0 aliphatic rings. The molecule has 1 aromatic carbocycles. The van der Waals surface area contributed by atoms with E-state index in [2.05, 4.69) is 4.98 Å². The summed E-state index contributed by atoms with van der Waals surface area (Å²) < 4.78 is 18.5. The molecule has 0 amide bonds. The van der Waals surface area contributed by atoms with E-state index in [9.17, 15) is 9.50 Å². The zero-order valence-electron chi connectivity index (χ0n) is 10.2. The monoisotopic (exact) mass is 247 g/mol. The van der Waals surface area contributed by atoms with E-state index in [0.717, 1.165) is 5.56 Å². The van der Waals surface area contributed by atoms with Gasteiger partial charge in [0.15, 0.2) is 0 Å². The molecule has 2 aromatic rings. The van der Waals surface area contributed by atoms with Crippen molar-refractivity contribution in [3.63, 3.8) is 0 Å². The number of pyridine rings is 1. The number of aromatic nitrogens is 1. The lowest BCUT2D eigenvalue weighted by molar-refractivity contribution is 0.198. The van der Waals surface area contributed by atoms with E-state index in [1.54, 1.807) is 38.2 Å². The number of hydrogen-bond acceptors (Lipinski definition) is 3. The molecule has 0 fully saturated rings. The summed E-state index contributed by atoms with van der Waals surface area (Å²) in [4.78, 5) is 4.05. The lowest BCUT2D eigenvalue weighted by Crippen LogP contribution is -1.95. The highest BCUT2D eigenvalue weighted by atomic mass is 19.1. The van der Waals surface area contributed by atoms with Crippen LogP contribution in [0.2, 0.25) is 0 Å². The predicted octanol–water partition coefficient (Wildman–Crippen LogP) is 3.37. The van der Waals surface area contributed by atoms with Crippen LogP contribution >= 0.6 is 0 Å². The summed E-state index contributed by atoms with van der Waals surface area (Å²) in [7, 11) is 0. The average molecular weight is 247 g/mol. The zero-order chi connectivity index (χ0) is 13.1. The van der Waals surface area contributed by atoms with Crippen LogP contribution in [0, 0.1) is 12.7 Å². The number of benzene rings is 1. The topological polar surface area (TPSA) is 42.4 Å². The first kappa shape index (κ1) is 12.5. The van der Waals surface area contributed by atoms with Gasteiger partial charge in [-0.25, -0.2) is 9.37 Å². The van der Waals surface area contributed by atoms with E-state index in [-0.39, 0.29) is 5.82 Å². The van der Waals surface area contributed by atoms with Crippen molar-refractivity contribution in [2.75, 3.05) is 0 Å². The molecule has 1 N–H and O–H groups in total. The van der Waals surface area contributed by atoms with E-state index in [1.165, 1.54) is 12.1 Å². The first-order valence-electron chi connectivity index (χ1n) is 5.64. The minimum atomic E-state index is -0.579. The third-order valence-electron chi connectivity index (χ3n) is 2.59. The Morgan fingerprint density at radius 2 is 2.06 bits per heavy atom. The number of aliphatic hydroxyl groups excluding tert-OH is 1. The largest absolute Gasteiger partial charge is 0.439 e. The molecule has 2 rings (SSSR count). The Hall–Kier alpha value is -1.94. The second kappa shape index (κ2) is 5.14. The fraction of sp³-hybridized carbons (Fsp3) is 0.214. The fourth-order valence-corrected chi connectivity index (χ4v) is 1.58. The Bertz CT molecular complexity index is 555. The standard InChI is InChI=1S/C14H14FNO2/c1-9-7-12(15)3-4-13(9)18-14-8-11(10(2)17)5-6-16-14/h3-8,10,17H,1-2H3. The van der Waals surface area contributed by atoms with E-state index < -0.39 is 6.10 Å². The van der Waals surface area contributed by atoms with Crippen LogP contribution in [-0.4, -0.2) is 10.1 Å². The van der Waals surface area contributed by atoms with Crippen molar-refractivity contribution in [3.8, 4) is 11.6 Å². The molecule has 0 bridgehead atoms. The van der Waals surface area contributed by atoms with Crippen molar-refractivity contribution in [2.24, 2.45) is 0 Å². The number of halogens is 1. The van der Waals surface area contributed by atoms with Crippen LogP contribution in [0.15, 0.2) is 36.5 Å². The summed E-state index contributed by atoms with van der Waals surface area (Å²) in [6.07, 6.45) is 0.987. The van der Waals surface area contributed by atoms with Crippen LogP contribution in [0.1, 0.15) is 24.2 Å². The van der Waals surface area contributed by atoms with E-state index in [1.807, 2.05) is 0 Å². The molecule has 0 aliphatic carbocycles. The molecule has 1 heterocycles. The van der Waals surface area contributed by atoms with Gasteiger partial charge in [-0.1, -0.05) is 0 Å². The quantitative estimate of drug-likeness (QED) is 0.904. The van der Waals surface area contributed by atoms with Gasteiger partial charge in [-0.2, -0.15) is 0 Å². The van der Waals surface area contributed by atoms with Crippen molar-refractivity contribution in [3.05, 3.63) is 53.5 Å². The SMILES string of the molecule is Cc1cc(F)ccc1Oc1cc(C(C)O)ccn1. The van der Waals surface area contributed by atoms with Gasteiger partial charge in [-0.15, -0.1) is 0 Å². The molecule has 0 radical (unpaired) electrons. The molecule has 1 unspecified atom stereocenters. The highest BCUT2D eigenvalue weighted by Gasteiger charge is 2.06. The van der Waals surface area contributed by atoms with Crippen molar-refractivity contribution in [1.29, 1.82) is 0 Å². The Morgan fingerprint density at radius 1 is 1.28 bits per heavy atom. The second-order valence-electron chi connectivity index (χ2n) is 4.12.